The number of anilines is 1. The average molecular weight is 356 g/mol. The Balaban J connectivity index is 1.94. The SMILES string of the molecule is COc1ccc(C(=O)CCC(=O)Nc2ccc(C(=O)[O-])cc2)c(OC)c1. The zero-order chi connectivity index (χ0) is 19.1. The number of hydrogen-bond donors (Lipinski definition) is 1. The molecule has 2 aromatic rings. The first kappa shape index (κ1) is 19.0. The monoisotopic (exact) mass is 356 g/mol. The first-order valence-electron chi connectivity index (χ1n) is 7.81. The molecule has 0 atom stereocenters. The summed E-state index contributed by atoms with van der Waals surface area (Å²) >= 11 is 0. The van der Waals surface area contributed by atoms with Gasteiger partial charge < -0.3 is 24.7 Å². The standard InChI is InChI=1S/C19H19NO6/c1-25-14-7-8-15(17(11-14)26-2)16(21)9-10-18(22)20-13-5-3-12(4-6-13)19(23)24/h3-8,11H,9-10H2,1-2H3,(H,20,22)(H,23,24)/p-1. The summed E-state index contributed by atoms with van der Waals surface area (Å²) in [5.74, 6) is -0.926. The highest BCUT2D eigenvalue weighted by Crippen LogP contribution is 2.26. The lowest BCUT2D eigenvalue weighted by Gasteiger charge is -2.10. The number of benzene rings is 2. The number of carboxylic acids is 1. The van der Waals surface area contributed by atoms with Crippen molar-refractivity contribution in [2.75, 3.05) is 19.5 Å². The Morgan fingerprint density at radius 3 is 2.23 bits per heavy atom. The normalized spacial score (nSPS) is 10.1. The third-order valence-corrected chi connectivity index (χ3v) is 3.69. The summed E-state index contributed by atoms with van der Waals surface area (Å²) in [4.78, 5) is 35.0. The molecule has 0 heterocycles. The van der Waals surface area contributed by atoms with Crippen LogP contribution in [0, 0.1) is 0 Å². The predicted octanol–water partition coefficient (Wildman–Crippen LogP) is 1.67. The Kier molecular flexibility index (Phi) is 6.32. The molecule has 136 valence electrons. The summed E-state index contributed by atoms with van der Waals surface area (Å²) in [6.45, 7) is 0. The topological polar surface area (TPSA) is 105 Å². The van der Waals surface area contributed by atoms with Crippen LogP contribution in [0.3, 0.4) is 0 Å². The van der Waals surface area contributed by atoms with Crippen LogP contribution in [0.1, 0.15) is 33.6 Å². The van der Waals surface area contributed by atoms with Gasteiger partial charge in [0.15, 0.2) is 5.78 Å². The van der Waals surface area contributed by atoms with Gasteiger partial charge in [-0.05, 0) is 29.8 Å². The van der Waals surface area contributed by atoms with Crippen molar-refractivity contribution in [3.8, 4) is 11.5 Å². The summed E-state index contributed by atoms with van der Waals surface area (Å²) < 4.78 is 10.3. The van der Waals surface area contributed by atoms with Crippen LogP contribution >= 0.6 is 0 Å². The molecule has 0 spiro atoms. The maximum Gasteiger partial charge on any atom is 0.224 e. The average Bonchev–Trinajstić information content (AvgIpc) is 2.65. The van der Waals surface area contributed by atoms with Crippen LogP contribution in [0.2, 0.25) is 0 Å². The second-order valence-corrected chi connectivity index (χ2v) is 5.40. The van der Waals surface area contributed by atoms with Crippen molar-refractivity contribution in [3.05, 3.63) is 53.6 Å². The molecule has 1 amide bonds. The van der Waals surface area contributed by atoms with E-state index in [-0.39, 0.29) is 30.1 Å². The predicted molar refractivity (Wildman–Crippen MR) is 92.5 cm³/mol. The number of rotatable bonds is 8. The molecule has 26 heavy (non-hydrogen) atoms. The number of hydrogen-bond acceptors (Lipinski definition) is 6. The van der Waals surface area contributed by atoms with Gasteiger partial charge in [-0.2, -0.15) is 0 Å². The largest absolute Gasteiger partial charge is 0.545 e. The number of aromatic carboxylic acids is 1. The highest BCUT2D eigenvalue weighted by atomic mass is 16.5. The lowest BCUT2D eigenvalue weighted by atomic mass is 10.0. The van der Waals surface area contributed by atoms with Crippen molar-refractivity contribution < 1.29 is 29.0 Å². The van der Waals surface area contributed by atoms with Crippen molar-refractivity contribution in [1.29, 1.82) is 0 Å². The fourth-order valence-electron chi connectivity index (χ4n) is 2.30. The molecule has 0 aliphatic rings. The van der Waals surface area contributed by atoms with E-state index in [1.165, 1.54) is 38.5 Å². The minimum atomic E-state index is -1.29. The second kappa shape index (κ2) is 8.66. The number of carboxylic acid groups (broad SMARTS) is 1. The molecule has 0 aromatic heterocycles. The molecule has 1 N–H and O–H groups in total. The summed E-state index contributed by atoms with van der Waals surface area (Å²) in [5.41, 5.74) is 0.832. The van der Waals surface area contributed by atoms with Crippen LogP contribution in [0.4, 0.5) is 5.69 Å². The number of carbonyl (C=O) groups excluding carboxylic acids is 3. The Hall–Kier alpha value is -3.35. The molecule has 0 aliphatic carbocycles. The Labute approximate surface area is 150 Å². The van der Waals surface area contributed by atoms with E-state index in [0.717, 1.165) is 0 Å². The van der Waals surface area contributed by atoms with E-state index in [0.29, 0.717) is 22.7 Å². The van der Waals surface area contributed by atoms with Gasteiger partial charge in [-0.3, -0.25) is 9.59 Å². The van der Waals surface area contributed by atoms with Gasteiger partial charge in [-0.15, -0.1) is 0 Å². The third kappa shape index (κ3) is 4.83. The van der Waals surface area contributed by atoms with Gasteiger partial charge in [0.2, 0.25) is 5.91 Å². The van der Waals surface area contributed by atoms with Crippen LogP contribution in [0.25, 0.3) is 0 Å². The fraction of sp³-hybridized carbons (Fsp3) is 0.211. The first-order chi connectivity index (χ1) is 12.4. The lowest BCUT2D eigenvalue weighted by Crippen LogP contribution is -2.22. The van der Waals surface area contributed by atoms with Crippen molar-refractivity contribution in [2.24, 2.45) is 0 Å². The fourth-order valence-corrected chi connectivity index (χ4v) is 2.30. The number of nitrogens with one attached hydrogen (secondary N) is 1. The number of ether oxygens (including phenoxy) is 2. The Morgan fingerprint density at radius 1 is 0.962 bits per heavy atom. The van der Waals surface area contributed by atoms with Crippen LogP contribution in [-0.2, 0) is 4.79 Å². The smallest absolute Gasteiger partial charge is 0.224 e. The Morgan fingerprint density at radius 2 is 1.65 bits per heavy atom. The van der Waals surface area contributed by atoms with E-state index in [1.807, 2.05) is 0 Å². The van der Waals surface area contributed by atoms with Gasteiger partial charge in [0.1, 0.15) is 11.5 Å². The van der Waals surface area contributed by atoms with Crippen molar-refractivity contribution in [2.45, 2.75) is 12.8 Å². The van der Waals surface area contributed by atoms with E-state index in [4.69, 9.17) is 9.47 Å². The highest BCUT2D eigenvalue weighted by molar-refractivity contribution is 6.02. The number of methoxy groups -OCH3 is 2. The van der Waals surface area contributed by atoms with Gasteiger partial charge in [0, 0.05) is 24.6 Å². The zero-order valence-electron chi connectivity index (χ0n) is 14.4. The molecule has 0 radical (unpaired) electrons. The molecule has 2 rings (SSSR count). The first-order valence-corrected chi connectivity index (χ1v) is 7.81. The van der Waals surface area contributed by atoms with E-state index in [1.54, 1.807) is 18.2 Å². The van der Waals surface area contributed by atoms with Gasteiger partial charge >= 0.3 is 0 Å². The second-order valence-electron chi connectivity index (χ2n) is 5.40. The molecule has 0 aliphatic heterocycles. The Bertz CT molecular complexity index is 813. The van der Waals surface area contributed by atoms with Crippen LogP contribution in [-0.4, -0.2) is 31.9 Å². The zero-order valence-corrected chi connectivity index (χ0v) is 14.4. The summed E-state index contributed by atoms with van der Waals surface area (Å²) in [7, 11) is 2.97. The molecule has 7 heteroatoms. The summed E-state index contributed by atoms with van der Waals surface area (Å²) in [5, 5.41) is 13.3. The molecule has 0 fully saturated rings. The highest BCUT2D eigenvalue weighted by Gasteiger charge is 2.15. The number of carbonyl (C=O) groups is 3. The number of amides is 1. The quantitative estimate of drug-likeness (QED) is 0.722. The van der Waals surface area contributed by atoms with Crippen molar-refractivity contribution in [3.63, 3.8) is 0 Å². The van der Waals surface area contributed by atoms with Gasteiger partial charge in [-0.25, -0.2) is 0 Å². The lowest BCUT2D eigenvalue weighted by molar-refractivity contribution is -0.255. The molecule has 0 unspecified atom stereocenters. The minimum absolute atomic E-state index is 0.00561. The third-order valence-electron chi connectivity index (χ3n) is 3.69. The molecule has 2 aromatic carbocycles. The van der Waals surface area contributed by atoms with Gasteiger partial charge in [0.05, 0.1) is 25.8 Å². The molecule has 7 nitrogen and oxygen atoms in total. The molecular formula is C19H18NO6-. The van der Waals surface area contributed by atoms with E-state index < -0.39 is 5.97 Å². The summed E-state index contributed by atoms with van der Waals surface area (Å²) in [6.07, 6.45) is -0.0120. The van der Waals surface area contributed by atoms with Gasteiger partial charge in [-0.1, -0.05) is 12.1 Å². The van der Waals surface area contributed by atoms with Crippen molar-refractivity contribution in [1.82, 2.24) is 0 Å². The molecule has 0 saturated carbocycles. The minimum Gasteiger partial charge on any atom is -0.545 e. The van der Waals surface area contributed by atoms with E-state index >= 15 is 0 Å². The number of Topliss-reactive ketones (excluding diaryl/α,β-unsaturated/α-hetero) is 1. The van der Waals surface area contributed by atoms with E-state index in [2.05, 4.69) is 5.32 Å². The maximum absolute atomic E-state index is 12.3. The van der Waals surface area contributed by atoms with Gasteiger partial charge in [0.25, 0.3) is 0 Å². The van der Waals surface area contributed by atoms with E-state index in [9.17, 15) is 19.5 Å². The summed E-state index contributed by atoms with van der Waals surface area (Å²) in [6, 6.07) is 10.4. The molecular weight excluding hydrogens is 338 g/mol. The number of ketones is 1. The van der Waals surface area contributed by atoms with Crippen LogP contribution in [0.5, 0.6) is 11.5 Å². The molecule has 0 saturated heterocycles. The van der Waals surface area contributed by atoms with Crippen molar-refractivity contribution >= 4 is 23.3 Å². The maximum atomic E-state index is 12.3. The molecule has 0 bridgehead atoms. The van der Waals surface area contributed by atoms with Crippen LogP contribution < -0.4 is 19.9 Å². The van der Waals surface area contributed by atoms with Crippen LogP contribution in [0.15, 0.2) is 42.5 Å².